The Morgan fingerprint density at radius 3 is 2.83 bits per heavy atom. The molecule has 0 spiro atoms. The molecule has 1 N–H and O–H groups in total. The first-order valence-corrected chi connectivity index (χ1v) is 8.56. The summed E-state index contributed by atoms with van der Waals surface area (Å²) in [5.41, 5.74) is -0.916. The lowest BCUT2D eigenvalue weighted by Crippen LogP contribution is -2.56. The lowest BCUT2D eigenvalue weighted by atomic mass is 9.73. The summed E-state index contributed by atoms with van der Waals surface area (Å²) in [5, 5.41) is 10.2. The third-order valence-electron chi connectivity index (χ3n) is 4.78. The van der Waals surface area contributed by atoms with Gasteiger partial charge >= 0.3 is 5.97 Å². The number of esters is 1. The lowest BCUT2D eigenvalue weighted by Gasteiger charge is -2.39. The maximum absolute atomic E-state index is 12.1. The molecule has 1 aromatic rings. The fourth-order valence-electron chi connectivity index (χ4n) is 3.24. The minimum Gasteiger partial charge on any atom is -0.462 e. The minimum atomic E-state index is -1.42. The van der Waals surface area contributed by atoms with Crippen molar-refractivity contribution in [2.45, 2.75) is 29.9 Å². The van der Waals surface area contributed by atoms with Crippen LogP contribution in [0.1, 0.15) is 23.7 Å². The number of halogens is 1. The topological polar surface area (TPSA) is 72.8 Å². The Morgan fingerprint density at radius 2 is 2.13 bits per heavy atom. The molecule has 1 aliphatic carbocycles. The van der Waals surface area contributed by atoms with Gasteiger partial charge in [-0.25, -0.2) is 4.79 Å². The van der Waals surface area contributed by atoms with Crippen molar-refractivity contribution in [2.24, 2.45) is 11.8 Å². The van der Waals surface area contributed by atoms with Crippen LogP contribution in [0.5, 0.6) is 0 Å². The van der Waals surface area contributed by atoms with E-state index < -0.39 is 10.4 Å². The number of aliphatic hydroxyl groups is 1. The van der Waals surface area contributed by atoms with Crippen LogP contribution in [-0.2, 0) is 14.3 Å². The Balaban J connectivity index is 1.63. The molecule has 0 unspecified atom stereocenters. The van der Waals surface area contributed by atoms with E-state index in [-0.39, 0.29) is 42.7 Å². The van der Waals surface area contributed by atoms with E-state index in [1.807, 2.05) is 6.07 Å². The summed E-state index contributed by atoms with van der Waals surface area (Å²) in [6.45, 7) is 2.14. The van der Waals surface area contributed by atoms with Crippen molar-refractivity contribution < 1.29 is 24.2 Å². The highest BCUT2D eigenvalue weighted by Crippen LogP contribution is 2.43. The molecule has 5 nitrogen and oxygen atoms in total. The van der Waals surface area contributed by atoms with Crippen molar-refractivity contribution in [2.75, 3.05) is 13.2 Å². The number of benzene rings is 1. The molecule has 5 atom stereocenters. The van der Waals surface area contributed by atoms with Crippen LogP contribution in [0, 0.1) is 11.8 Å². The summed E-state index contributed by atoms with van der Waals surface area (Å²) in [5.74, 6) is -0.660. The number of Topliss-reactive ketones (excluding diaryl/α,β-unsaturated/α-hetero) is 1. The van der Waals surface area contributed by atoms with Crippen LogP contribution in [0.25, 0.3) is 0 Å². The number of rotatable bonds is 3. The second-order valence-corrected chi connectivity index (χ2v) is 7.35. The number of ketones is 1. The Morgan fingerprint density at radius 1 is 1.43 bits per heavy atom. The molecule has 23 heavy (non-hydrogen) atoms. The number of carbonyl (C=O) groups is 2. The van der Waals surface area contributed by atoms with E-state index in [4.69, 9.17) is 9.47 Å². The Labute approximate surface area is 143 Å². The standard InChI is InChI=1S/C17H19BrO5/c1-17(21)13(19)7-12-11(8-22-14(12)15(17)18)9-23-16(20)10-5-3-2-4-6-10/h2-6,11-12,14-15,21H,7-9H2,1H3/t11-,12-,14+,15-,17-/m1/s1. The summed E-state index contributed by atoms with van der Waals surface area (Å²) in [6, 6.07) is 8.80. The summed E-state index contributed by atoms with van der Waals surface area (Å²) in [6.07, 6.45) is -0.00373. The Bertz CT molecular complexity index is 600. The third-order valence-corrected chi connectivity index (χ3v) is 6.19. The van der Waals surface area contributed by atoms with E-state index in [1.165, 1.54) is 6.92 Å². The zero-order valence-corrected chi connectivity index (χ0v) is 14.4. The molecule has 1 saturated heterocycles. The normalized spacial score (nSPS) is 36.6. The van der Waals surface area contributed by atoms with Crippen LogP contribution >= 0.6 is 15.9 Å². The second-order valence-electron chi connectivity index (χ2n) is 6.36. The quantitative estimate of drug-likeness (QED) is 0.638. The van der Waals surface area contributed by atoms with E-state index in [9.17, 15) is 14.7 Å². The second kappa shape index (κ2) is 6.34. The van der Waals surface area contributed by atoms with Crippen LogP contribution in [0.2, 0.25) is 0 Å². The maximum Gasteiger partial charge on any atom is 0.338 e. The number of carbonyl (C=O) groups excluding carboxylic acids is 2. The van der Waals surface area contributed by atoms with E-state index in [0.717, 1.165) is 0 Å². The molecule has 1 saturated carbocycles. The van der Waals surface area contributed by atoms with E-state index >= 15 is 0 Å². The SMILES string of the molecule is C[C@@]1(O)C(=O)C[C@@H]2[C@@H](COC(=O)c3ccccc3)CO[C@@H]2[C@H]1Br. The van der Waals surface area contributed by atoms with Crippen LogP contribution < -0.4 is 0 Å². The number of hydrogen-bond donors (Lipinski definition) is 1. The van der Waals surface area contributed by atoms with Gasteiger partial charge in [-0.3, -0.25) is 4.79 Å². The summed E-state index contributed by atoms with van der Waals surface area (Å²) >= 11 is 3.40. The third kappa shape index (κ3) is 3.07. The molecule has 6 heteroatoms. The summed E-state index contributed by atoms with van der Waals surface area (Å²) in [7, 11) is 0. The van der Waals surface area contributed by atoms with Crippen molar-refractivity contribution in [3.63, 3.8) is 0 Å². The van der Waals surface area contributed by atoms with Gasteiger partial charge in [0.25, 0.3) is 0 Å². The molecular formula is C17H19BrO5. The van der Waals surface area contributed by atoms with Crippen LogP contribution in [-0.4, -0.2) is 46.6 Å². The summed E-state index contributed by atoms with van der Waals surface area (Å²) in [4.78, 5) is 23.7. The number of fused-ring (bicyclic) bond motifs is 1. The van der Waals surface area contributed by atoms with E-state index in [1.54, 1.807) is 24.3 Å². The highest BCUT2D eigenvalue weighted by molar-refractivity contribution is 9.09. The van der Waals surface area contributed by atoms with E-state index in [2.05, 4.69) is 15.9 Å². The largest absolute Gasteiger partial charge is 0.462 e. The van der Waals surface area contributed by atoms with Gasteiger partial charge in [-0.2, -0.15) is 0 Å². The molecule has 0 radical (unpaired) electrons. The average Bonchev–Trinajstić information content (AvgIpc) is 2.94. The molecule has 1 aliphatic heterocycles. The molecule has 124 valence electrons. The molecule has 0 amide bonds. The lowest BCUT2D eigenvalue weighted by molar-refractivity contribution is -0.145. The zero-order valence-electron chi connectivity index (χ0n) is 12.8. The smallest absolute Gasteiger partial charge is 0.338 e. The molecule has 3 rings (SSSR count). The minimum absolute atomic E-state index is 0.0345. The van der Waals surface area contributed by atoms with Gasteiger partial charge in [-0.1, -0.05) is 34.1 Å². The number of hydrogen-bond acceptors (Lipinski definition) is 5. The maximum atomic E-state index is 12.1. The fraction of sp³-hybridized carbons (Fsp3) is 0.529. The fourth-order valence-corrected chi connectivity index (χ4v) is 4.04. The van der Waals surface area contributed by atoms with Gasteiger partial charge in [0.05, 0.1) is 29.7 Å². The summed E-state index contributed by atoms with van der Waals surface area (Å²) < 4.78 is 11.1. The van der Waals surface area contributed by atoms with Gasteiger partial charge in [0.1, 0.15) is 5.60 Å². The molecule has 2 fully saturated rings. The van der Waals surface area contributed by atoms with Gasteiger partial charge in [0.15, 0.2) is 5.78 Å². The first-order chi connectivity index (χ1) is 10.9. The predicted octanol–water partition coefficient (Wildman–Crippen LogP) is 1.96. The molecule has 2 aliphatic rings. The first kappa shape index (κ1) is 16.6. The highest BCUT2D eigenvalue weighted by Gasteiger charge is 2.55. The predicted molar refractivity (Wildman–Crippen MR) is 86.4 cm³/mol. The molecule has 1 heterocycles. The van der Waals surface area contributed by atoms with Crippen LogP contribution in [0.4, 0.5) is 0 Å². The first-order valence-electron chi connectivity index (χ1n) is 7.64. The molecule has 0 bridgehead atoms. The van der Waals surface area contributed by atoms with Crippen LogP contribution in [0.15, 0.2) is 30.3 Å². The molecule has 1 aromatic carbocycles. The van der Waals surface area contributed by atoms with Crippen molar-refractivity contribution in [1.82, 2.24) is 0 Å². The average molecular weight is 383 g/mol. The zero-order chi connectivity index (χ0) is 16.6. The Kier molecular flexibility index (Phi) is 4.58. The monoisotopic (exact) mass is 382 g/mol. The van der Waals surface area contributed by atoms with Crippen molar-refractivity contribution >= 4 is 27.7 Å². The van der Waals surface area contributed by atoms with Gasteiger partial charge in [0, 0.05) is 18.3 Å². The van der Waals surface area contributed by atoms with Gasteiger partial charge < -0.3 is 14.6 Å². The van der Waals surface area contributed by atoms with Crippen molar-refractivity contribution in [3.8, 4) is 0 Å². The number of alkyl halides is 1. The Hall–Kier alpha value is -1.24. The molecular weight excluding hydrogens is 364 g/mol. The van der Waals surface area contributed by atoms with Gasteiger partial charge in [-0.05, 0) is 19.1 Å². The van der Waals surface area contributed by atoms with Crippen LogP contribution in [0.3, 0.4) is 0 Å². The van der Waals surface area contributed by atoms with Crippen molar-refractivity contribution in [3.05, 3.63) is 35.9 Å². The highest BCUT2D eigenvalue weighted by atomic mass is 79.9. The van der Waals surface area contributed by atoms with Gasteiger partial charge in [0.2, 0.25) is 0 Å². The van der Waals surface area contributed by atoms with E-state index in [0.29, 0.717) is 12.2 Å². The number of ether oxygens (including phenoxy) is 2. The van der Waals surface area contributed by atoms with Gasteiger partial charge in [-0.15, -0.1) is 0 Å². The molecule has 0 aromatic heterocycles. The van der Waals surface area contributed by atoms with Crippen molar-refractivity contribution in [1.29, 1.82) is 0 Å².